The van der Waals surface area contributed by atoms with Crippen molar-refractivity contribution in [3.8, 4) is 0 Å². The Morgan fingerprint density at radius 2 is 1.64 bits per heavy atom. The summed E-state index contributed by atoms with van der Waals surface area (Å²) in [5.41, 5.74) is 6.25. The second-order valence-electron chi connectivity index (χ2n) is 7.91. The number of hydrogen-bond donors (Lipinski definition) is 1. The molecule has 28 heavy (non-hydrogen) atoms. The van der Waals surface area contributed by atoms with E-state index in [1.165, 1.54) is 29.7 Å². The van der Waals surface area contributed by atoms with Crippen LogP contribution in [0.3, 0.4) is 0 Å². The zero-order chi connectivity index (χ0) is 20.3. The fourth-order valence-corrected chi connectivity index (χ4v) is 5.36. The lowest BCUT2D eigenvalue weighted by molar-refractivity contribution is 0.601. The minimum Gasteiger partial charge on any atom is -0.371 e. The van der Waals surface area contributed by atoms with Crippen LogP contribution < -0.4 is 9.62 Å². The molecule has 4 nitrogen and oxygen atoms in total. The molecule has 3 rings (SSSR count). The molecule has 2 aromatic rings. The van der Waals surface area contributed by atoms with E-state index >= 15 is 0 Å². The molecule has 0 aromatic heterocycles. The summed E-state index contributed by atoms with van der Waals surface area (Å²) in [7, 11) is -3.62. The number of anilines is 2. The van der Waals surface area contributed by atoms with Crippen molar-refractivity contribution in [2.45, 2.75) is 64.7 Å². The molecule has 0 bridgehead atoms. The molecule has 5 heteroatoms. The number of benzene rings is 2. The standard InChI is InChI=1S/C23H32N2O2S/c1-5-6-9-20-10-12-21(13-11-20)28(26,27)24-22-17(2)16-18(3)23(19(22)4)25-14-7-8-15-25/h10-13,16,24H,5-9,14-15H2,1-4H3. The summed E-state index contributed by atoms with van der Waals surface area (Å²) in [5.74, 6) is 0. The van der Waals surface area contributed by atoms with Gasteiger partial charge in [-0.1, -0.05) is 31.5 Å². The summed E-state index contributed by atoms with van der Waals surface area (Å²) in [5, 5.41) is 0. The van der Waals surface area contributed by atoms with Crippen molar-refractivity contribution in [1.29, 1.82) is 0 Å². The molecule has 0 amide bonds. The number of hydrogen-bond acceptors (Lipinski definition) is 3. The van der Waals surface area contributed by atoms with Crippen LogP contribution in [-0.4, -0.2) is 21.5 Å². The molecule has 1 saturated heterocycles. The summed E-state index contributed by atoms with van der Waals surface area (Å²) in [6.07, 6.45) is 5.62. The summed E-state index contributed by atoms with van der Waals surface area (Å²) >= 11 is 0. The predicted octanol–water partition coefficient (Wildman–Crippen LogP) is 5.36. The summed E-state index contributed by atoms with van der Waals surface area (Å²) in [6, 6.07) is 9.37. The SMILES string of the molecule is CCCCc1ccc(S(=O)(=O)Nc2c(C)cc(C)c(N3CCCC3)c2C)cc1. The van der Waals surface area contributed by atoms with Crippen molar-refractivity contribution in [2.75, 3.05) is 22.7 Å². The Hall–Kier alpha value is -2.01. The molecule has 0 aliphatic carbocycles. The topological polar surface area (TPSA) is 49.4 Å². The number of nitrogens with zero attached hydrogens (tertiary/aromatic N) is 1. The van der Waals surface area contributed by atoms with Gasteiger partial charge >= 0.3 is 0 Å². The van der Waals surface area contributed by atoms with Crippen molar-refractivity contribution in [3.63, 3.8) is 0 Å². The smallest absolute Gasteiger partial charge is 0.261 e. The summed E-state index contributed by atoms with van der Waals surface area (Å²) in [4.78, 5) is 2.69. The molecule has 1 heterocycles. The maximum Gasteiger partial charge on any atom is 0.261 e. The molecule has 0 spiro atoms. The van der Waals surface area contributed by atoms with Gasteiger partial charge in [-0.15, -0.1) is 0 Å². The second kappa shape index (κ2) is 8.56. The van der Waals surface area contributed by atoms with Crippen molar-refractivity contribution < 1.29 is 8.42 Å². The van der Waals surface area contributed by atoms with E-state index in [-0.39, 0.29) is 0 Å². The van der Waals surface area contributed by atoms with E-state index in [1.807, 2.05) is 26.0 Å². The molecule has 1 N–H and O–H groups in total. The first-order chi connectivity index (χ1) is 13.3. The Labute approximate surface area is 170 Å². The minimum absolute atomic E-state index is 0.315. The molecule has 2 aromatic carbocycles. The van der Waals surface area contributed by atoms with Gasteiger partial charge in [0.05, 0.1) is 10.6 Å². The zero-order valence-electron chi connectivity index (χ0n) is 17.5. The Morgan fingerprint density at radius 3 is 2.25 bits per heavy atom. The Bertz CT molecular complexity index is 928. The molecular formula is C23H32N2O2S. The van der Waals surface area contributed by atoms with Crippen molar-refractivity contribution >= 4 is 21.4 Å². The molecule has 0 unspecified atom stereocenters. The van der Waals surface area contributed by atoms with Crippen molar-refractivity contribution in [2.24, 2.45) is 0 Å². The first-order valence-corrected chi connectivity index (χ1v) is 11.8. The van der Waals surface area contributed by atoms with Crippen molar-refractivity contribution in [1.82, 2.24) is 0 Å². The van der Waals surface area contributed by atoms with E-state index < -0.39 is 10.0 Å². The largest absolute Gasteiger partial charge is 0.371 e. The normalized spacial score (nSPS) is 14.5. The van der Waals surface area contributed by atoms with Crippen LogP contribution in [0, 0.1) is 20.8 Å². The monoisotopic (exact) mass is 400 g/mol. The van der Waals surface area contributed by atoms with Gasteiger partial charge in [-0.3, -0.25) is 4.72 Å². The first-order valence-electron chi connectivity index (χ1n) is 10.3. The van der Waals surface area contributed by atoms with Gasteiger partial charge in [0.25, 0.3) is 10.0 Å². The van der Waals surface area contributed by atoms with Crippen LogP contribution >= 0.6 is 0 Å². The van der Waals surface area contributed by atoms with Gasteiger partial charge in [0.2, 0.25) is 0 Å². The Kier molecular flexibility index (Phi) is 6.33. The van der Waals surface area contributed by atoms with E-state index in [4.69, 9.17) is 0 Å². The fourth-order valence-electron chi connectivity index (χ4n) is 4.17. The third-order valence-corrected chi connectivity index (χ3v) is 7.01. The van der Waals surface area contributed by atoms with Crippen LogP contribution in [0.2, 0.25) is 0 Å². The van der Waals surface area contributed by atoms with Gasteiger partial charge in [-0.25, -0.2) is 8.42 Å². The van der Waals surface area contributed by atoms with E-state index in [9.17, 15) is 8.42 Å². The first kappa shape index (κ1) is 20.7. The van der Waals surface area contributed by atoms with E-state index in [2.05, 4.69) is 29.5 Å². The molecule has 1 aliphatic rings. The molecule has 0 radical (unpaired) electrons. The fraction of sp³-hybridized carbons (Fsp3) is 0.478. The van der Waals surface area contributed by atoms with E-state index in [1.54, 1.807) is 12.1 Å². The molecule has 0 atom stereocenters. The van der Waals surface area contributed by atoms with Crippen LogP contribution in [0.15, 0.2) is 35.2 Å². The number of aryl methyl sites for hydroxylation is 3. The van der Waals surface area contributed by atoms with Gasteiger partial charge in [0.15, 0.2) is 0 Å². The summed E-state index contributed by atoms with van der Waals surface area (Å²) in [6.45, 7) is 10.3. The van der Waals surface area contributed by atoms with Crippen LogP contribution in [-0.2, 0) is 16.4 Å². The second-order valence-corrected chi connectivity index (χ2v) is 9.59. The molecule has 152 valence electrons. The molecule has 0 saturated carbocycles. The number of unbranched alkanes of at least 4 members (excludes halogenated alkanes) is 1. The van der Waals surface area contributed by atoms with E-state index in [0.717, 1.165) is 43.5 Å². The minimum atomic E-state index is -3.62. The molecule has 1 fully saturated rings. The predicted molar refractivity (Wildman–Crippen MR) is 118 cm³/mol. The highest BCUT2D eigenvalue weighted by Gasteiger charge is 2.22. The van der Waals surface area contributed by atoms with Gasteiger partial charge < -0.3 is 4.90 Å². The number of rotatable bonds is 7. The Morgan fingerprint density at radius 1 is 1.00 bits per heavy atom. The highest BCUT2D eigenvalue weighted by atomic mass is 32.2. The lowest BCUT2D eigenvalue weighted by atomic mass is 10.0. The van der Waals surface area contributed by atoms with E-state index in [0.29, 0.717) is 10.6 Å². The van der Waals surface area contributed by atoms with Crippen LogP contribution in [0.1, 0.15) is 54.9 Å². The third kappa shape index (κ3) is 4.35. The molecule has 1 aliphatic heterocycles. The lowest BCUT2D eigenvalue weighted by Gasteiger charge is -2.26. The maximum atomic E-state index is 13.0. The van der Waals surface area contributed by atoms with Gasteiger partial charge in [0.1, 0.15) is 0 Å². The van der Waals surface area contributed by atoms with Crippen molar-refractivity contribution in [3.05, 3.63) is 52.6 Å². The average molecular weight is 401 g/mol. The average Bonchev–Trinajstić information content (AvgIpc) is 3.18. The quantitative estimate of drug-likeness (QED) is 0.681. The third-order valence-electron chi connectivity index (χ3n) is 5.64. The van der Waals surface area contributed by atoms with Crippen LogP contribution in [0.25, 0.3) is 0 Å². The molecular weight excluding hydrogens is 368 g/mol. The highest BCUT2D eigenvalue weighted by molar-refractivity contribution is 7.92. The van der Waals surface area contributed by atoms with Crippen LogP contribution in [0.4, 0.5) is 11.4 Å². The zero-order valence-corrected chi connectivity index (χ0v) is 18.3. The van der Waals surface area contributed by atoms with Gasteiger partial charge in [-0.2, -0.15) is 0 Å². The number of sulfonamides is 1. The number of nitrogens with one attached hydrogen (secondary N) is 1. The van der Waals surface area contributed by atoms with Gasteiger partial charge in [-0.05, 0) is 80.8 Å². The highest BCUT2D eigenvalue weighted by Crippen LogP contribution is 2.36. The lowest BCUT2D eigenvalue weighted by Crippen LogP contribution is -2.22. The maximum absolute atomic E-state index is 13.0. The van der Waals surface area contributed by atoms with Gasteiger partial charge in [0, 0.05) is 18.8 Å². The summed E-state index contributed by atoms with van der Waals surface area (Å²) < 4.78 is 28.9. The van der Waals surface area contributed by atoms with Crippen LogP contribution in [0.5, 0.6) is 0 Å². The Balaban J connectivity index is 1.90.